The van der Waals surface area contributed by atoms with E-state index in [4.69, 9.17) is 5.73 Å². The zero-order chi connectivity index (χ0) is 14.0. The minimum absolute atomic E-state index is 0. The van der Waals surface area contributed by atoms with Crippen molar-refractivity contribution in [2.75, 3.05) is 0 Å². The number of benzene rings is 1. The van der Waals surface area contributed by atoms with Crippen molar-refractivity contribution in [3.8, 4) is 0 Å². The first-order valence-corrected chi connectivity index (χ1v) is 6.63. The Morgan fingerprint density at radius 1 is 1.23 bits per heavy atom. The molecule has 0 radical (unpaired) electrons. The summed E-state index contributed by atoms with van der Waals surface area (Å²) in [6, 6.07) is 8.06. The minimum Gasteiger partial charge on any atom is -0.350 e. The van der Waals surface area contributed by atoms with E-state index in [-0.39, 0.29) is 30.7 Å². The molecule has 120 valence electrons. The van der Waals surface area contributed by atoms with E-state index < -0.39 is 5.54 Å². The highest BCUT2D eigenvalue weighted by atomic mass is 35.5. The van der Waals surface area contributed by atoms with Crippen molar-refractivity contribution in [1.29, 1.82) is 0 Å². The fourth-order valence-corrected chi connectivity index (χ4v) is 1.98. The first kappa shape index (κ1) is 18.4. The third kappa shape index (κ3) is 4.43. The van der Waals surface area contributed by atoms with Gasteiger partial charge in [0, 0.05) is 6.54 Å². The number of rotatable bonds is 5. The summed E-state index contributed by atoms with van der Waals surface area (Å²) in [6.07, 6.45) is 4.78. The lowest BCUT2D eigenvalue weighted by Gasteiger charge is -2.10. The molecule has 1 aromatic heterocycles. The van der Waals surface area contributed by atoms with E-state index >= 15 is 0 Å². The van der Waals surface area contributed by atoms with Crippen molar-refractivity contribution in [2.24, 2.45) is 5.73 Å². The number of nitrogens with zero attached hydrogens (tertiary/aromatic N) is 3. The van der Waals surface area contributed by atoms with Crippen LogP contribution in [-0.2, 0) is 17.9 Å². The molecular formula is C14H19Cl2N5O. The molecule has 1 aliphatic carbocycles. The second-order valence-electron chi connectivity index (χ2n) is 5.25. The van der Waals surface area contributed by atoms with Gasteiger partial charge in [-0.25, -0.2) is 9.67 Å². The molecule has 3 rings (SSSR count). The van der Waals surface area contributed by atoms with Gasteiger partial charge >= 0.3 is 0 Å². The molecule has 6 nitrogen and oxygen atoms in total. The summed E-state index contributed by atoms with van der Waals surface area (Å²) in [5.74, 6) is -0.0517. The molecule has 0 atom stereocenters. The minimum atomic E-state index is -0.604. The summed E-state index contributed by atoms with van der Waals surface area (Å²) in [5.41, 5.74) is 7.42. The summed E-state index contributed by atoms with van der Waals surface area (Å²) in [4.78, 5) is 15.6. The Balaban J connectivity index is 0.00000121. The van der Waals surface area contributed by atoms with E-state index in [1.807, 2.05) is 24.3 Å². The average Bonchev–Trinajstić information content (AvgIpc) is 3.01. The number of hydrogen-bond donors (Lipinski definition) is 2. The van der Waals surface area contributed by atoms with Crippen LogP contribution in [0.1, 0.15) is 24.0 Å². The zero-order valence-corrected chi connectivity index (χ0v) is 13.6. The quantitative estimate of drug-likeness (QED) is 0.856. The van der Waals surface area contributed by atoms with Gasteiger partial charge in [-0.05, 0) is 24.0 Å². The van der Waals surface area contributed by atoms with Crippen LogP contribution in [0.25, 0.3) is 0 Å². The Morgan fingerprint density at radius 3 is 2.41 bits per heavy atom. The largest absolute Gasteiger partial charge is 0.350 e. The maximum atomic E-state index is 11.7. The van der Waals surface area contributed by atoms with Crippen LogP contribution in [0.3, 0.4) is 0 Å². The maximum Gasteiger partial charge on any atom is 0.240 e. The molecule has 1 fully saturated rings. The molecule has 1 aromatic carbocycles. The molecule has 0 aliphatic heterocycles. The molecule has 0 bridgehead atoms. The lowest BCUT2D eigenvalue weighted by Crippen LogP contribution is -2.42. The number of amides is 1. The lowest BCUT2D eigenvalue weighted by atomic mass is 10.1. The number of carbonyl (C=O) groups excluding carboxylic acids is 1. The SMILES string of the molecule is Cl.Cl.NC1(C(=O)NCc2ccc(Cn3cncn3)cc2)CC1. The van der Waals surface area contributed by atoms with Gasteiger partial charge < -0.3 is 11.1 Å². The summed E-state index contributed by atoms with van der Waals surface area (Å²) < 4.78 is 1.77. The zero-order valence-electron chi connectivity index (χ0n) is 11.9. The van der Waals surface area contributed by atoms with Gasteiger partial charge in [0.2, 0.25) is 5.91 Å². The molecule has 0 saturated heterocycles. The predicted molar refractivity (Wildman–Crippen MR) is 88.1 cm³/mol. The molecule has 0 unspecified atom stereocenters. The molecular weight excluding hydrogens is 325 g/mol. The molecule has 3 N–H and O–H groups in total. The molecule has 0 spiro atoms. The first-order valence-electron chi connectivity index (χ1n) is 6.63. The molecule has 1 heterocycles. The Morgan fingerprint density at radius 2 is 1.86 bits per heavy atom. The van der Waals surface area contributed by atoms with Gasteiger partial charge in [-0.2, -0.15) is 5.10 Å². The van der Waals surface area contributed by atoms with Crippen LogP contribution in [0.4, 0.5) is 0 Å². The predicted octanol–water partition coefficient (Wildman–Crippen LogP) is 1.28. The lowest BCUT2D eigenvalue weighted by molar-refractivity contribution is -0.123. The average molecular weight is 344 g/mol. The number of aromatic nitrogens is 3. The highest BCUT2D eigenvalue weighted by molar-refractivity contribution is 5.88. The topological polar surface area (TPSA) is 85.8 Å². The number of halogens is 2. The fraction of sp³-hybridized carbons (Fsp3) is 0.357. The Bertz CT molecular complexity index is 596. The monoisotopic (exact) mass is 343 g/mol. The van der Waals surface area contributed by atoms with Gasteiger partial charge in [0.1, 0.15) is 12.7 Å². The summed E-state index contributed by atoms with van der Waals surface area (Å²) >= 11 is 0. The van der Waals surface area contributed by atoms with Gasteiger partial charge in [0.05, 0.1) is 12.1 Å². The molecule has 2 aromatic rings. The fourth-order valence-electron chi connectivity index (χ4n) is 1.98. The van der Waals surface area contributed by atoms with Gasteiger partial charge in [0.15, 0.2) is 0 Å². The Labute approximate surface area is 141 Å². The van der Waals surface area contributed by atoms with E-state index in [0.717, 1.165) is 24.0 Å². The second kappa shape index (κ2) is 7.58. The van der Waals surface area contributed by atoms with Gasteiger partial charge in [-0.3, -0.25) is 4.79 Å². The van der Waals surface area contributed by atoms with E-state index in [2.05, 4.69) is 15.4 Å². The van der Waals surface area contributed by atoms with Crippen molar-refractivity contribution in [3.05, 3.63) is 48.0 Å². The van der Waals surface area contributed by atoms with E-state index in [0.29, 0.717) is 13.1 Å². The van der Waals surface area contributed by atoms with Crippen molar-refractivity contribution in [2.45, 2.75) is 31.5 Å². The second-order valence-corrected chi connectivity index (χ2v) is 5.25. The maximum absolute atomic E-state index is 11.7. The molecule has 8 heteroatoms. The highest BCUT2D eigenvalue weighted by Gasteiger charge is 2.45. The van der Waals surface area contributed by atoms with Crippen molar-refractivity contribution >= 4 is 30.7 Å². The van der Waals surface area contributed by atoms with Crippen LogP contribution < -0.4 is 11.1 Å². The van der Waals surface area contributed by atoms with E-state index in [1.54, 1.807) is 11.0 Å². The summed E-state index contributed by atoms with van der Waals surface area (Å²) in [5, 5.41) is 6.94. The van der Waals surface area contributed by atoms with Gasteiger partial charge in [-0.1, -0.05) is 24.3 Å². The number of hydrogen-bond acceptors (Lipinski definition) is 4. The normalized spacial score (nSPS) is 14.4. The van der Waals surface area contributed by atoms with Crippen molar-refractivity contribution < 1.29 is 4.79 Å². The molecule has 1 aliphatic rings. The van der Waals surface area contributed by atoms with Crippen LogP contribution in [0.5, 0.6) is 0 Å². The Kier molecular flexibility index (Phi) is 6.34. The first-order chi connectivity index (χ1) is 9.66. The van der Waals surface area contributed by atoms with Crippen LogP contribution in [0.2, 0.25) is 0 Å². The van der Waals surface area contributed by atoms with Crippen LogP contribution >= 0.6 is 24.8 Å². The van der Waals surface area contributed by atoms with Crippen molar-refractivity contribution in [1.82, 2.24) is 20.1 Å². The highest BCUT2D eigenvalue weighted by Crippen LogP contribution is 2.32. The van der Waals surface area contributed by atoms with Crippen LogP contribution in [-0.4, -0.2) is 26.2 Å². The van der Waals surface area contributed by atoms with Crippen LogP contribution in [0.15, 0.2) is 36.9 Å². The van der Waals surface area contributed by atoms with Crippen molar-refractivity contribution in [3.63, 3.8) is 0 Å². The van der Waals surface area contributed by atoms with Gasteiger partial charge in [0.25, 0.3) is 0 Å². The van der Waals surface area contributed by atoms with E-state index in [1.165, 1.54) is 6.33 Å². The number of nitrogens with one attached hydrogen (secondary N) is 1. The molecule has 1 amide bonds. The van der Waals surface area contributed by atoms with E-state index in [9.17, 15) is 4.79 Å². The third-order valence-electron chi connectivity index (χ3n) is 3.53. The summed E-state index contributed by atoms with van der Waals surface area (Å²) in [7, 11) is 0. The Hall–Kier alpha value is -1.63. The number of nitrogens with two attached hydrogens (primary N) is 1. The molecule has 22 heavy (non-hydrogen) atoms. The number of carbonyl (C=O) groups is 1. The summed E-state index contributed by atoms with van der Waals surface area (Å²) in [6.45, 7) is 1.21. The van der Waals surface area contributed by atoms with Gasteiger partial charge in [-0.15, -0.1) is 24.8 Å². The third-order valence-corrected chi connectivity index (χ3v) is 3.53. The van der Waals surface area contributed by atoms with Crippen LogP contribution in [0, 0.1) is 0 Å². The molecule has 1 saturated carbocycles. The standard InChI is InChI=1S/C14H17N5O.2ClH/c15-14(5-6-14)13(20)17-7-11-1-3-12(4-2-11)8-19-10-16-9-18-19;;/h1-4,9-10H,5-8,15H2,(H,17,20);2*1H. The smallest absolute Gasteiger partial charge is 0.240 e.